The third-order valence-corrected chi connectivity index (χ3v) is 5.89. The van der Waals surface area contributed by atoms with Gasteiger partial charge in [0.15, 0.2) is 5.82 Å². The standard InChI is InChI=1S/C27H30N4O5/c1-18(25(33)31-22-15-23(32)36-27(22)35-17-20-11-6-3-7-12-20)29-26(34)24-28-16-21(30-24)14-8-13-19-9-4-2-5-10-19/h2-7,9-12,16,18,22,27H,8,13-15,17H2,1H3,(H,28,30)(H,29,34)(H,31,33)/t18-,22+,27+/m1/s1. The molecule has 0 radical (unpaired) electrons. The molecule has 1 fully saturated rings. The summed E-state index contributed by atoms with van der Waals surface area (Å²) in [5, 5.41) is 5.38. The minimum atomic E-state index is -0.895. The summed E-state index contributed by atoms with van der Waals surface area (Å²) in [6.07, 6.45) is 3.35. The van der Waals surface area contributed by atoms with E-state index in [1.807, 2.05) is 48.5 Å². The van der Waals surface area contributed by atoms with Crippen molar-refractivity contribution in [1.29, 1.82) is 0 Å². The van der Waals surface area contributed by atoms with Gasteiger partial charge in [-0.25, -0.2) is 4.98 Å². The van der Waals surface area contributed by atoms with E-state index in [9.17, 15) is 14.4 Å². The minimum Gasteiger partial charge on any atom is -0.433 e. The molecule has 36 heavy (non-hydrogen) atoms. The molecule has 1 aromatic heterocycles. The van der Waals surface area contributed by atoms with Gasteiger partial charge in [-0.15, -0.1) is 0 Å². The average molecular weight is 491 g/mol. The predicted octanol–water partition coefficient (Wildman–Crippen LogP) is 2.68. The van der Waals surface area contributed by atoms with Gasteiger partial charge in [-0.3, -0.25) is 14.4 Å². The van der Waals surface area contributed by atoms with Gasteiger partial charge in [0.1, 0.15) is 12.1 Å². The Morgan fingerprint density at radius 2 is 1.78 bits per heavy atom. The Balaban J connectivity index is 1.23. The number of aromatic nitrogens is 2. The van der Waals surface area contributed by atoms with Gasteiger partial charge in [0.05, 0.1) is 13.0 Å². The van der Waals surface area contributed by atoms with E-state index in [2.05, 4.69) is 32.7 Å². The number of esters is 1. The zero-order valence-corrected chi connectivity index (χ0v) is 20.1. The summed E-state index contributed by atoms with van der Waals surface area (Å²) in [6, 6.07) is 18.1. The highest BCUT2D eigenvalue weighted by atomic mass is 16.7. The number of imidazole rings is 1. The van der Waals surface area contributed by atoms with Crippen molar-refractivity contribution in [2.45, 2.75) is 57.6 Å². The van der Waals surface area contributed by atoms with Crippen molar-refractivity contribution in [2.24, 2.45) is 0 Å². The summed E-state index contributed by atoms with van der Waals surface area (Å²) in [5.74, 6) is -1.24. The summed E-state index contributed by atoms with van der Waals surface area (Å²) in [6.45, 7) is 1.80. The van der Waals surface area contributed by atoms with Crippen molar-refractivity contribution in [1.82, 2.24) is 20.6 Å². The number of aryl methyl sites for hydroxylation is 2. The molecule has 3 aromatic rings. The fourth-order valence-corrected chi connectivity index (χ4v) is 3.92. The van der Waals surface area contributed by atoms with Crippen LogP contribution >= 0.6 is 0 Å². The molecule has 0 aliphatic carbocycles. The Labute approximate surface area is 209 Å². The van der Waals surface area contributed by atoms with Crippen molar-refractivity contribution in [2.75, 3.05) is 0 Å². The molecule has 4 rings (SSSR count). The molecule has 0 bridgehead atoms. The number of hydrogen-bond acceptors (Lipinski definition) is 6. The number of nitrogens with zero attached hydrogens (tertiary/aromatic N) is 1. The summed E-state index contributed by atoms with van der Waals surface area (Å²) in [5.41, 5.74) is 3.04. The summed E-state index contributed by atoms with van der Waals surface area (Å²) >= 11 is 0. The van der Waals surface area contributed by atoms with Crippen molar-refractivity contribution < 1.29 is 23.9 Å². The maximum atomic E-state index is 12.7. The van der Waals surface area contributed by atoms with Crippen molar-refractivity contribution in [3.8, 4) is 0 Å². The third-order valence-electron chi connectivity index (χ3n) is 5.89. The predicted molar refractivity (Wildman–Crippen MR) is 132 cm³/mol. The summed E-state index contributed by atoms with van der Waals surface area (Å²) in [7, 11) is 0. The minimum absolute atomic E-state index is 0.00358. The van der Waals surface area contributed by atoms with Crippen LogP contribution in [-0.4, -0.2) is 46.1 Å². The lowest BCUT2D eigenvalue weighted by Crippen LogP contribution is -2.50. The number of carbonyl (C=O) groups excluding carboxylic acids is 3. The van der Waals surface area contributed by atoms with Crippen molar-refractivity contribution >= 4 is 17.8 Å². The molecule has 1 aliphatic heterocycles. The third kappa shape index (κ3) is 7.02. The molecule has 0 spiro atoms. The molecule has 188 valence electrons. The van der Waals surface area contributed by atoms with Gasteiger partial charge in [-0.2, -0.15) is 0 Å². The number of benzene rings is 2. The van der Waals surface area contributed by atoms with Crippen LogP contribution in [0.2, 0.25) is 0 Å². The first-order chi connectivity index (χ1) is 17.5. The van der Waals surface area contributed by atoms with Gasteiger partial charge in [0.2, 0.25) is 12.2 Å². The lowest BCUT2D eigenvalue weighted by Gasteiger charge is -2.21. The van der Waals surface area contributed by atoms with Crippen molar-refractivity contribution in [3.63, 3.8) is 0 Å². The zero-order chi connectivity index (χ0) is 25.3. The Kier molecular flexibility index (Phi) is 8.46. The van der Waals surface area contributed by atoms with Crippen LogP contribution in [0.3, 0.4) is 0 Å². The average Bonchev–Trinajstić information content (AvgIpc) is 3.50. The van der Waals surface area contributed by atoms with E-state index >= 15 is 0 Å². The second-order valence-corrected chi connectivity index (χ2v) is 8.77. The van der Waals surface area contributed by atoms with Crippen LogP contribution in [-0.2, 0) is 38.5 Å². The first-order valence-corrected chi connectivity index (χ1v) is 12.0. The van der Waals surface area contributed by atoms with Gasteiger partial charge in [0.25, 0.3) is 5.91 Å². The van der Waals surface area contributed by atoms with Gasteiger partial charge in [-0.1, -0.05) is 60.7 Å². The second kappa shape index (κ2) is 12.1. The SMILES string of the molecule is C[C@@H](NC(=O)c1ncc(CCCc2ccccc2)[nH]1)C(=O)N[C@H]1CC(=O)O[C@@H]1OCc1ccccc1. The Bertz CT molecular complexity index is 1170. The summed E-state index contributed by atoms with van der Waals surface area (Å²) < 4.78 is 10.9. The first-order valence-electron chi connectivity index (χ1n) is 12.0. The Morgan fingerprint density at radius 1 is 1.08 bits per heavy atom. The molecule has 0 unspecified atom stereocenters. The number of aromatic amines is 1. The highest BCUT2D eigenvalue weighted by Gasteiger charge is 2.37. The molecule has 2 aromatic carbocycles. The van der Waals surface area contributed by atoms with E-state index in [0.717, 1.165) is 30.5 Å². The molecule has 3 N–H and O–H groups in total. The Hall–Kier alpha value is -3.98. The number of cyclic esters (lactones) is 1. The number of carbonyl (C=O) groups is 3. The number of hydrogen-bond donors (Lipinski definition) is 3. The summed E-state index contributed by atoms with van der Waals surface area (Å²) in [4.78, 5) is 44.3. The largest absolute Gasteiger partial charge is 0.433 e. The van der Waals surface area contributed by atoms with E-state index in [-0.39, 0.29) is 18.9 Å². The fourth-order valence-electron chi connectivity index (χ4n) is 3.92. The zero-order valence-electron chi connectivity index (χ0n) is 20.1. The number of amides is 2. The lowest BCUT2D eigenvalue weighted by molar-refractivity contribution is -0.168. The van der Waals surface area contributed by atoms with Gasteiger partial charge in [-0.05, 0) is 37.3 Å². The van der Waals surface area contributed by atoms with E-state index in [1.54, 1.807) is 13.1 Å². The van der Waals surface area contributed by atoms with Crippen LogP contribution < -0.4 is 10.6 Å². The highest BCUT2D eigenvalue weighted by Crippen LogP contribution is 2.18. The Morgan fingerprint density at radius 3 is 2.50 bits per heavy atom. The smallest absolute Gasteiger partial charge is 0.310 e. The van der Waals surface area contributed by atoms with Crippen LogP contribution in [0.25, 0.3) is 0 Å². The number of H-pyrrole nitrogens is 1. The molecule has 9 heteroatoms. The van der Waals surface area contributed by atoms with Crippen LogP contribution in [0, 0.1) is 0 Å². The molecule has 9 nitrogen and oxygen atoms in total. The first kappa shape index (κ1) is 25.1. The molecule has 0 saturated carbocycles. The van der Waals surface area contributed by atoms with E-state index in [4.69, 9.17) is 9.47 Å². The molecular formula is C27H30N4O5. The van der Waals surface area contributed by atoms with Crippen LogP contribution in [0.15, 0.2) is 66.9 Å². The van der Waals surface area contributed by atoms with E-state index in [0.29, 0.717) is 0 Å². The van der Waals surface area contributed by atoms with Crippen molar-refractivity contribution in [3.05, 3.63) is 89.5 Å². The number of nitrogens with one attached hydrogen (secondary N) is 3. The second-order valence-electron chi connectivity index (χ2n) is 8.77. The monoisotopic (exact) mass is 490 g/mol. The molecule has 3 atom stereocenters. The maximum Gasteiger partial charge on any atom is 0.310 e. The van der Waals surface area contributed by atoms with Gasteiger partial charge in [0, 0.05) is 11.9 Å². The van der Waals surface area contributed by atoms with Crippen LogP contribution in [0.1, 0.15) is 47.2 Å². The maximum absolute atomic E-state index is 12.7. The molecule has 2 amide bonds. The lowest BCUT2D eigenvalue weighted by atomic mass is 10.1. The van der Waals surface area contributed by atoms with E-state index < -0.39 is 36.2 Å². The quantitative estimate of drug-likeness (QED) is 0.355. The molecule has 1 aliphatic rings. The van der Waals surface area contributed by atoms with Gasteiger partial charge < -0.3 is 25.1 Å². The van der Waals surface area contributed by atoms with Crippen LogP contribution in [0.5, 0.6) is 0 Å². The fraction of sp³-hybridized carbons (Fsp3) is 0.333. The molecule has 1 saturated heterocycles. The normalized spacial score (nSPS) is 17.9. The van der Waals surface area contributed by atoms with Gasteiger partial charge >= 0.3 is 5.97 Å². The topological polar surface area (TPSA) is 122 Å². The molecular weight excluding hydrogens is 460 g/mol. The van der Waals surface area contributed by atoms with Crippen LogP contribution in [0.4, 0.5) is 0 Å². The molecule has 2 heterocycles. The number of rotatable bonds is 11. The van der Waals surface area contributed by atoms with E-state index in [1.165, 1.54) is 5.56 Å². The number of ether oxygens (including phenoxy) is 2. The highest BCUT2D eigenvalue weighted by molar-refractivity contribution is 5.95.